The number of hydrogen-bond acceptors (Lipinski definition) is 7. The molecule has 2 aromatic heterocycles. The molecule has 2 atom stereocenters. The van der Waals surface area contributed by atoms with Gasteiger partial charge in [-0.25, -0.2) is 9.78 Å². The zero-order chi connectivity index (χ0) is 21.9. The molecule has 31 heavy (non-hydrogen) atoms. The van der Waals surface area contributed by atoms with Gasteiger partial charge in [-0.15, -0.1) is 10.2 Å². The molecule has 5 heterocycles. The number of fused-ring (bicyclic) bond motifs is 3. The van der Waals surface area contributed by atoms with Crippen LogP contribution in [0.15, 0.2) is 6.33 Å². The number of amides is 2. The zero-order valence-electron chi connectivity index (χ0n) is 16.5. The second-order valence-electron chi connectivity index (χ2n) is 7.81. The van der Waals surface area contributed by atoms with Crippen molar-refractivity contribution in [1.29, 1.82) is 0 Å². The van der Waals surface area contributed by atoms with Crippen LogP contribution in [0.25, 0.3) is 0 Å². The van der Waals surface area contributed by atoms with Crippen molar-refractivity contribution < 1.29 is 19.4 Å². The van der Waals surface area contributed by atoms with E-state index >= 15 is 0 Å². The lowest BCUT2D eigenvalue weighted by Gasteiger charge is -2.39. The number of piperazine rings is 1. The molecule has 0 bridgehead atoms. The second kappa shape index (κ2) is 7.41. The fourth-order valence-electron chi connectivity index (χ4n) is 4.33. The predicted molar refractivity (Wildman–Crippen MR) is 110 cm³/mol. The van der Waals surface area contributed by atoms with Crippen molar-refractivity contribution in [1.82, 2.24) is 29.5 Å². The van der Waals surface area contributed by atoms with Crippen molar-refractivity contribution >= 4 is 41.0 Å². The highest BCUT2D eigenvalue weighted by Gasteiger charge is 2.41. The van der Waals surface area contributed by atoms with E-state index in [1.165, 1.54) is 4.90 Å². The van der Waals surface area contributed by atoms with Crippen LogP contribution in [0.1, 0.15) is 23.1 Å². The van der Waals surface area contributed by atoms with Gasteiger partial charge < -0.3 is 29.1 Å². The molecule has 1 fully saturated rings. The molecular weight excluding hydrogens is 449 g/mol. The SMILES string of the molecule is CC1Cn2cnnc2CN1c1nc(Cl)c(Cl)c2c1C(=O)N1CCN(C(=O)O)C[C@@H]1CO2. The van der Waals surface area contributed by atoms with E-state index in [1.807, 2.05) is 16.4 Å². The third kappa shape index (κ3) is 3.23. The number of carboxylic acid groups (broad SMARTS) is 1. The highest BCUT2D eigenvalue weighted by Crippen LogP contribution is 2.43. The maximum atomic E-state index is 13.7. The van der Waals surface area contributed by atoms with Crippen LogP contribution in [0.4, 0.5) is 10.6 Å². The number of carbonyl (C=O) groups excluding carboxylic acids is 1. The highest BCUT2D eigenvalue weighted by molar-refractivity contribution is 6.42. The molecule has 0 aromatic carbocycles. The molecule has 0 radical (unpaired) electrons. The predicted octanol–water partition coefficient (Wildman–Crippen LogP) is 1.59. The highest BCUT2D eigenvalue weighted by atomic mass is 35.5. The van der Waals surface area contributed by atoms with E-state index < -0.39 is 12.1 Å². The number of aromatic nitrogens is 4. The Morgan fingerprint density at radius 1 is 1.26 bits per heavy atom. The topological polar surface area (TPSA) is 117 Å². The van der Waals surface area contributed by atoms with E-state index in [2.05, 4.69) is 15.2 Å². The first-order valence-electron chi connectivity index (χ1n) is 9.79. The molecule has 1 saturated heterocycles. The normalized spacial score (nSPS) is 22.9. The van der Waals surface area contributed by atoms with Gasteiger partial charge in [-0.3, -0.25) is 4.79 Å². The van der Waals surface area contributed by atoms with Crippen LogP contribution in [-0.4, -0.2) is 85.0 Å². The minimum absolute atomic E-state index is 0.0203. The third-order valence-electron chi connectivity index (χ3n) is 5.96. The van der Waals surface area contributed by atoms with E-state index in [0.717, 1.165) is 5.82 Å². The number of halogens is 2. The largest absolute Gasteiger partial charge is 0.489 e. The molecule has 2 amide bonds. The van der Waals surface area contributed by atoms with Gasteiger partial charge in [0.15, 0.2) is 16.7 Å². The lowest BCUT2D eigenvalue weighted by molar-refractivity contribution is 0.0390. The third-order valence-corrected chi connectivity index (χ3v) is 6.68. The Labute approximate surface area is 187 Å². The molecule has 1 unspecified atom stereocenters. The summed E-state index contributed by atoms with van der Waals surface area (Å²) in [5.74, 6) is 0.993. The summed E-state index contributed by atoms with van der Waals surface area (Å²) in [4.78, 5) is 34.4. The van der Waals surface area contributed by atoms with E-state index in [1.54, 1.807) is 11.2 Å². The van der Waals surface area contributed by atoms with Gasteiger partial charge >= 0.3 is 6.09 Å². The van der Waals surface area contributed by atoms with Gasteiger partial charge in [-0.05, 0) is 6.92 Å². The molecule has 3 aliphatic heterocycles. The minimum Gasteiger partial charge on any atom is -0.489 e. The van der Waals surface area contributed by atoms with Gasteiger partial charge in [0.05, 0.1) is 12.6 Å². The Morgan fingerprint density at radius 2 is 2.06 bits per heavy atom. The molecule has 0 aliphatic carbocycles. The lowest BCUT2D eigenvalue weighted by Crippen LogP contribution is -2.57. The van der Waals surface area contributed by atoms with Crippen LogP contribution in [-0.2, 0) is 13.1 Å². The van der Waals surface area contributed by atoms with E-state index in [0.29, 0.717) is 18.9 Å². The standard InChI is InChI=1S/C18H19Cl2N7O4/c1-9-4-25-8-21-23-11(25)6-27(9)16-12-14(13(19)15(20)22-16)31-7-10-5-24(18(29)30)2-3-26(10)17(12)28/h8-10H,2-7H2,1H3,(H,29,30)/t9?,10-/m1/s1. The van der Waals surface area contributed by atoms with Gasteiger partial charge in [0.1, 0.15) is 29.3 Å². The monoisotopic (exact) mass is 467 g/mol. The van der Waals surface area contributed by atoms with E-state index in [4.69, 9.17) is 27.9 Å². The van der Waals surface area contributed by atoms with Gasteiger partial charge in [-0.1, -0.05) is 23.2 Å². The number of anilines is 1. The van der Waals surface area contributed by atoms with Crippen LogP contribution in [0.5, 0.6) is 5.75 Å². The molecule has 0 saturated carbocycles. The molecule has 0 spiro atoms. The fraction of sp³-hybridized carbons (Fsp3) is 0.500. The molecule has 13 heteroatoms. The number of hydrogen-bond donors (Lipinski definition) is 1. The number of carbonyl (C=O) groups is 2. The van der Waals surface area contributed by atoms with Crippen LogP contribution in [0, 0.1) is 0 Å². The Bertz CT molecular complexity index is 1080. The Balaban J connectivity index is 1.58. The first-order chi connectivity index (χ1) is 14.8. The molecule has 3 aliphatic rings. The quantitative estimate of drug-likeness (QED) is 0.628. The summed E-state index contributed by atoms with van der Waals surface area (Å²) in [5, 5.41) is 17.5. The Kier molecular flexibility index (Phi) is 4.82. The number of rotatable bonds is 1. The summed E-state index contributed by atoms with van der Waals surface area (Å²) >= 11 is 12.7. The molecular formula is C18H19Cl2N7O4. The van der Waals surface area contributed by atoms with E-state index in [9.17, 15) is 14.7 Å². The summed E-state index contributed by atoms with van der Waals surface area (Å²) in [6.07, 6.45) is 0.649. The summed E-state index contributed by atoms with van der Waals surface area (Å²) in [5.41, 5.74) is 0.237. The number of nitrogens with zero attached hydrogens (tertiary/aromatic N) is 7. The summed E-state index contributed by atoms with van der Waals surface area (Å²) in [6.45, 7) is 3.76. The maximum absolute atomic E-state index is 13.7. The molecule has 5 rings (SSSR count). The summed E-state index contributed by atoms with van der Waals surface area (Å²) in [7, 11) is 0. The van der Waals surface area contributed by atoms with Crippen molar-refractivity contribution in [3.05, 3.63) is 27.9 Å². The average Bonchev–Trinajstić information content (AvgIpc) is 3.14. The Hall–Kier alpha value is -2.79. The first-order valence-corrected chi connectivity index (χ1v) is 10.5. The first kappa shape index (κ1) is 20.1. The van der Waals surface area contributed by atoms with Gasteiger partial charge in [-0.2, -0.15) is 0 Å². The van der Waals surface area contributed by atoms with Crippen LogP contribution in [0.2, 0.25) is 10.2 Å². The van der Waals surface area contributed by atoms with Gasteiger partial charge in [0, 0.05) is 32.2 Å². The summed E-state index contributed by atoms with van der Waals surface area (Å²) < 4.78 is 7.91. The van der Waals surface area contributed by atoms with E-state index in [-0.39, 0.29) is 59.7 Å². The molecule has 2 aromatic rings. The Morgan fingerprint density at radius 3 is 2.84 bits per heavy atom. The van der Waals surface area contributed by atoms with Crippen LogP contribution >= 0.6 is 23.2 Å². The lowest BCUT2D eigenvalue weighted by atomic mass is 10.1. The van der Waals surface area contributed by atoms with Crippen molar-refractivity contribution in [3.63, 3.8) is 0 Å². The molecule has 1 N–H and O–H groups in total. The van der Waals surface area contributed by atoms with Crippen molar-refractivity contribution in [2.75, 3.05) is 31.1 Å². The average molecular weight is 468 g/mol. The second-order valence-corrected chi connectivity index (χ2v) is 8.55. The fourth-order valence-corrected chi connectivity index (χ4v) is 4.69. The molecule has 11 nitrogen and oxygen atoms in total. The maximum Gasteiger partial charge on any atom is 0.407 e. The number of pyridine rings is 1. The van der Waals surface area contributed by atoms with Crippen molar-refractivity contribution in [3.8, 4) is 5.75 Å². The summed E-state index contributed by atoms with van der Waals surface area (Å²) in [6, 6.07) is -0.456. The van der Waals surface area contributed by atoms with Gasteiger partial charge in [0.25, 0.3) is 5.91 Å². The smallest absolute Gasteiger partial charge is 0.407 e. The van der Waals surface area contributed by atoms with Crippen LogP contribution < -0.4 is 9.64 Å². The van der Waals surface area contributed by atoms with Crippen molar-refractivity contribution in [2.45, 2.75) is 32.1 Å². The van der Waals surface area contributed by atoms with Crippen molar-refractivity contribution in [2.24, 2.45) is 0 Å². The minimum atomic E-state index is -1.02. The van der Waals surface area contributed by atoms with Crippen LogP contribution in [0.3, 0.4) is 0 Å². The number of ether oxygens (including phenoxy) is 1. The molecule has 164 valence electrons. The zero-order valence-corrected chi connectivity index (χ0v) is 18.0. The van der Waals surface area contributed by atoms with Gasteiger partial charge in [0.2, 0.25) is 0 Å².